The van der Waals surface area contributed by atoms with Gasteiger partial charge in [0, 0.05) is 6.42 Å². The molecule has 0 aliphatic carbocycles. The Labute approximate surface area is 112 Å². The van der Waals surface area contributed by atoms with Crippen LogP contribution in [0.2, 0.25) is 0 Å². The Morgan fingerprint density at radius 3 is 3.16 bits per heavy atom. The van der Waals surface area contributed by atoms with Crippen LogP contribution in [0.25, 0.3) is 15.9 Å². The van der Waals surface area contributed by atoms with Crippen LogP contribution in [-0.2, 0) is 11.2 Å². The van der Waals surface area contributed by atoms with E-state index in [1.807, 2.05) is 18.2 Å². The maximum absolute atomic E-state index is 10.5. The minimum atomic E-state index is -0.833. The molecule has 3 rings (SSSR count). The predicted molar refractivity (Wildman–Crippen MR) is 70.5 cm³/mol. The molecule has 0 atom stereocenters. The molecule has 0 fully saturated rings. The SMILES string of the molecule is O=C(O)CCc1cn(-c2ccc3ncsc3c2)nn1. The van der Waals surface area contributed by atoms with E-state index in [9.17, 15) is 4.79 Å². The van der Waals surface area contributed by atoms with Gasteiger partial charge < -0.3 is 5.11 Å². The molecule has 0 unspecified atom stereocenters. The Morgan fingerprint density at radius 2 is 2.32 bits per heavy atom. The number of carboxylic acid groups (broad SMARTS) is 1. The van der Waals surface area contributed by atoms with E-state index in [0.29, 0.717) is 12.1 Å². The van der Waals surface area contributed by atoms with Crippen molar-refractivity contribution in [3.63, 3.8) is 0 Å². The first-order chi connectivity index (χ1) is 9.22. The molecular formula is C12H10N4O2S. The number of aryl methyl sites for hydroxylation is 1. The van der Waals surface area contributed by atoms with Gasteiger partial charge in [0.25, 0.3) is 0 Å². The smallest absolute Gasteiger partial charge is 0.303 e. The zero-order valence-corrected chi connectivity index (χ0v) is 10.7. The van der Waals surface area contributed by atoms with Gasteiger partial charge in [0.05, 0.1) is 39.7 Å². The largest absolute Gasteiger partial charge is 0.481 e. The Hall–Kier alpha value is -2.28. The van der Waals surface area contributed by atoms with Gasteiger partial charge in [-0.25, -0.2) is 9.67 Å². The van der Waals surface area contributed by atoms with Gasteiger partial charge in [0.2, 0.25) is 0 Å². The lowest BCUT2D eigenvalue weighted by Gasteiger charge is -1.98. The molecule has 1 N–H and O–H groups in total. The summed E-state index contributed by atoms with van der Waals surface area (Å²) in [5.74, 6) is -0.833. The van der Waals surface area contributed by atoms with Crippen molar-refractivity contribution < 1.29 is 9.90 Å². The third kappa shape index (κ3) is 2.45. The molecular weight excluding hydrogens is 264 g/mol. The molecule has 7 heteroatoms. The van der Waals surface area contributed by atoms with Gasteiger partial charge in [0.15, 0.2) is 0 Å². The van der Waals surface area contributed by atoms with Gasteiger partial charge in [-0.05, 0) is 18.2 Å². The van der Waals surface area contributed by atoms with Crippen molar-refractivity contribution in [1.82, 2.24) is 20.0 Å². The van der Waals surface area contributed by atoms with Gasteiger partial charge in [0.1, 0.15) is 0 Å². The third-order valence-electron chi connectivity index (χ3n) is 2.72. The molecule has 0 aliphatic rings. The number of carbonyl (C=O) groups is 1. The summed E-state index contributed by atoms with van der Waals surface area (Å²) in [4.78, 5) is 14.7. The monoisotopic (exact) mass is 274 g/mol. The molecule has 1 aromatic carbocycles. The van der Waals surface area contributed by atoms with Crippen molar-refractivity contribution in [2.45, 2.75) is 12.8 Å². The number of hydrogen-bond donors (Lipinski definition) is 1. The van der Waals surface area contributed by atoms with E-state index in [2.05, 4.69) is 15.3 Å². The van der Waals surface area contributed by atoms with Crippen LogP contribution < -0.4 is 0 Å². The highest BCUT2D eigenvalue weighted by molar-refractivity contribution is 7.16. The van der Waals surface area contributed by atoms with Crippen LogP contribution in [0.4, 0.5) is 0 Å². The minimum Gasteiger partial charge on any atom is -0.481 e. The van der Waals surface area contributed by atoms with E-state index in [-0.39, 0.29) is 6.42 Å². The maximum Gasteiger partial charge on any atom is 0.303 e. The standard InChI is InChI=1S/C12H10N4O2S/c17-12(18)4-1-8-6-16(15-14-8)9-2-3-10-11(5-9)19-7-13-10/h2-3,5-7H,1,4H2,(H,17,18). The number of carboxylic acids is 1. The number of thiazole rings is 1. The van der Waals surface area contributed by atoms with Crippen LogP contribution in [-0.4, -0.2) is 31.1 Å². The molecule has 2 heterocycles. The lowest BCUT2D eigenvalue weighted by Crippen LogP contribution is -1.97. The number of rotatable bonds is 4. The Kier molecular flexibility index (Phi) is 2.96. The molecule has 0 bridgehead atoms. The van der Waals surface area contributed by atoms with Crippen molar-refractivity contribution in [2.24, 2.45) is 0 Å². The molecule has 96 valence electrons. The summed E-state index contributed by atoms with van der Waals surface area (Å²) < 4.78 is 2.73. The van der Waals surface area contributed by atoms with Gasteiger partial charge in [-0.15, -0.1) is 16.4 Å². The summed E-state index contributed by atoms with van der Waals surface area (Å²) >= 11 is 1.57. The van der Waals surface area contributed by atoms with E-state index in [1.165, 1.54) is 0 Å². The van der Waals surface area contributed by atoms with E-state index in [1.54, 1.807) is 27.7 Å². The van der Waals surface area contributed by atoms with Gasteiger partial charge >= 0.3 is 5.97 Å². The first-order valence-corrected chi connectivity index (χ1v) is 6.57. The number of fused-ring (bicyclic) bond motifs is 1. The number of nitrogens with zero attached hydrogens (tertiary/aromatic N) is 4. The van der Waals surface area contributed by atoms with Crippen LogP contribution in [0.15, 0.2) is 29.9 Å². The molecule has 0 amide bonds. The summed E-state index contributed by atoms with van der Waals surface area (Å²) in [5, 5.41) is 16.6. The van der Waals surface area contributed by atoms with Crippen molar-refractivity contribution in [3.05, 3.63) is 35.6 Å². The third-order valence-corrected chi connectivity index (χ3v) is 3.51. The molecule has 6 nitrogen and oxygen atoms in total. The average Bonchev–Trinajstić information content (AvgIpc) is 3.04. The lowest BCUT2D eigenvalue weighted by molar-refractivity contribution is -0.136. The summed E-state index contributed by atoms with van der Waals surface area (Å²) in [6.07, 6.45) is 2.20. The van der Waals surface area contributed by atoms with E-state index in [4.69, 9.17) is 5.11 Å². The first kappa shape index (κ1) is 11.8. The summed E-state index contributed by atoms with van der Waals surface area (Å²) in [6.45, 7) is 0. The normalized spacial score (nSPS) is 10.9. The fourth-order valence-electron chi connectivity index (χ4n) is 1.76. The highest BCUT2D eigenvalue weighted by Gasteiger charge is 2.06. The van der Waals surface area contributed by atoms with Crippen LogP contribution in [0.1, 0.15) is 12.1 Å². The van der Waals surface area contributed by atoms with Crippen molar-refractivity contribution in [1.29, 1.82) is 0 Å². The lowest BCUT2D eigenvalue weighted by atomic mass is 10.2. The molecule has 0 radical (unpaired) electrons. The zero-order valence-electron chi connectivity index (χ0n) is 9.85. The average molecular weight is 274 g/mol. The minimum absolute atomic E-state index is 0.0621. The predicted octanol–water partition coefficient (Wildman–Crippen LogP) is 1.89. The highest BCUT2D eigenvalue weighted by Crippen LogP contribution is 2.20. The number of aliphatic carboxylic acids is 1. The van der Waals surface area contributed by atoms with Gasteiger partial charge in [-0.3, -0.25) is 4.79 Å². The fraction of sp³-hybridized carbons (Fsp3) is 0.167. The molecule has 3 aromatic rings. The number of hydrogen-bond acceptors (Lipinski definition) is 5. The molecule has 0 saturated carbocycles. The summed E-state index contributed by atoms with van der Waals surface area (Å²) in [6, 6.07) is 5.83. The Bertz CT molecular complexity index is 734. The second kappa shape index (κ2) is 4.77. The Morgan fingerprint density at radius 1 is 1.42 bits per heavy atom. The first-order valence-electron chi connectivity index (χ1n) is 5.69. The van der Waals surface area contributed by atoms with E-state index >= 15 is 0 Å². The van der Waals surface area contributed by atoms with E-state index < -0.39 is 5.97 Å². The maximum atomic E-state index is 10.5. The quantitative estimate of drug-likeness (QED) is 0.785. The van der Waals surface area contributed by atoms with Crippen molar-refractivity contribution in [3.8, 4) is 5.69 Å². The van der Waals surface area contributed by atoms with Crippen LogP contribution in [0.3, 0.4) is 0 Å². The van der Waals surface area contributed by atoms with Crippen molar-refractivity contribution >= 4 is 27.5 Å². The summed E-state index contributed by atoms with van der Waals surface area (Å²) in [7, 11) is 0. The molecule has 0 saturated heterocycles. The summed E-state index contributed by atoms with van der Waals surface area (Å²) in [5.41, 5.74) is 4.33. The van der Waals surface area contributed by atoms with Crippen LogP contribution in [0.5, 0.6) is 0 Å². The molecule has 0 aliphatic heterocycles. The second-order valence-electron chi connectivity index (χ2n) is 4.05. The highest BCUT2D eigenvalue weighted by atomic mass is 32.1. The molecule has 19 heavy (non-hydrogen) atoms. The fourth-order valence-corrected chi connectivity index (χ4v) is 2.47. The van der Waals surface area contributed by atoms with Crippen LogP contribution in [0, 0.1) is 0 Å². The zero-order chi connectivity index (χ0) is 13.2. The Balaban J connectivity index is 1.86. The van der Waals surface area contributed by atoms with Crippen molar-refractivity contribution in [2.75, 3.05) is 0 Å². The number of aromatic nitrogens is 4. The van der Waals surface area contributed by atoms with Gasteiger partial charge in [-0.2, -0.15) is 0 Å². The second-order valence-corrected chi connectivity index (χ2v) is 4.94. The van der Waals surface area contributed by atoms with Gasteiger partial charge in [-0.1, -0.05) is 5.21 Å². The van der Waals surface area contributed by atoms with E-state index in [0.717, 1.165) is 15.9 Å². The topological polar surface area (TPSA) is 80.9 Å². The molecule has 0 spiro atoms. The number of benzene rings is 1. The molecule has 2 aromatic heterocycles. The van der Waals surface area contributed by atoms with Crippen LogP contribution >= 0.6 is 11.3 Å².